The van der Waals surface area contributed by atoms with Crippen molar-refractivity contribution in [1.29, 1.82) is 0 Å². The number of hydrogen-bond acceptors (Lipinski definition) is 7. The smallest absolute Gasteiger partial charge is 0.254 e. The molecule has 0 aromatic carbocycles. The monoisotopic (exact) mass is 262 g/mol. The molecule has 0 saturated heterocycles. The molecule has 7 nitrogen and oxygen atoms in total. The van der Waals surface area contributed by atoms with Crippen molar-refractivity contribution in [3.8, 4) is 12.3 Å². The second kappa shape index (κ2) is 6.31. The van der Waals surface area contributed by atoms with E-state index < -0.39 is 0 Å². The Morgan fingerprint density at radius 3 is 2.89 bits per heavy atom. The summed E-state index contributed by atoms with van der Waals surface area (Å²) < 4.78 is 0. The molecule has 1 aromatic heterocycles. The van der Waals surface area contributed by atoms with Crippen LogP contribution in [-0.2, 0) is 4.84 Å². The third-order valence-corrected chi connectivity index (χ3v) is 3.06. The van der Waals surface area contributed by atoms with Crippen LogP contribution in [0.2, 0.25) is 0 Å². The highest BCUT2D eigenvalue weighted by molar-refractivity contribution is 5.35. The molecule has 102 valence electrons. The minimum absolute atomic E-state index is 0.284. The summed E-state index contributed by atoms with van der Waals surface area (Å²) in [4.78, 5) is 17.3. The van der Waals surface area contributed by atoms with Crippen LogP contribution in [0.5, 0.6) is 0 Å². The Kier molecular flexibility index (Phi) is 4.49. The van der Waals surface area contributed by atoms with Gasteiger partial charge < -0.3 is 5.32 Å². The van der Waals surface area contributed by atoms with Gasteiger partial charge in [0.05, 0.1) is 7.11 Å². The molecule has 1 aromatic rings. The van der Waals surface area contributed by atoms with E-state index in [-0.39, 0.29) is 6.17 Å². The van der Waals surface area contributed by atoms with Gasteiger partial charge in [-0.15, -0.1) is 6.42 Å². The average Bonchev–Trinajstić information content (AvgIpc) is 2.40. The van der Waals surface area contributed by atoms with Crippen LogP contribution < -0.4 is 15.7 Å². The second-order valence-corrected chi connectivity index (χ2v) is 4.33. The number of nitrogens with zero attached hydrogens (tertiary/aromatic N) is 4. The molecule has 2 rings (SSSR count). The van der Waals surface area contributed by atoms with Crippen LogP contribution in [0.25, 0.3) is 0 Å². The van der Waals surface area contributed by atoms with E-state index in [0.29, 0.717) is 17.9 Å². The molecule has 1 heterocycles. The molecule has 0 spiro atoms. The predicted octanol–water partition coefficient (Wildman–Crippen LogP) is 0.382. The van der Waals surface area contributed by atoms with E-state index in [2.05, 4.69) is 31.5 Å². The molecule has 1 aliphatic rings. The fourth-order valence-corrected chi connectivity index (χ4v) is 1.66. The van der Waals surface area contributed by atoms with E-state index in [0.717, 1.165) is 12.8 Å². The molecule has 1 atom stereocenters. The first-order valence-electron chi connectivity index (χ1n) is 6.18. The van der Waals surface area contributed by atoms with Crippen LogP contribution in [0.4, 0.5) is 11.9 Å². The van der Waals surface area contributed by atoms with Gasteiger partial charge in [0.2, 0.25) is 5.95 Å². The van der Waals surface area contributed by atoms with Crippen LogP contribution in [0.15, 0.2) is 6.33 Å². The van der Waals surface area contributed by atoms with Gasteiger partial charge in [-0.3, -0.25) is 10.2 Å². The lowest BCUT2D eigenvalue weighted by molar-refractivity contribution is 0.180. The number of nitrogens with one attached hydrogen (secondary N) is 2. The molecule has 19 heavy (non-hydrogen) atoms. The summed E-state index contributed by atoms with van der Waals surface area (Å²) in [6, 6.07) is 0.483. The fraction of sp³-hybridized carbons (Fsp3) is 0.583. The minimum Gasteiger partial charge on any atom is -0.328 e. The van der Waals surface area contributed by atoms with Crippen LogP contribution in [0.3, 0.4) is 0 Å². The topological polar surface area (TPSA) is 75.2 Å². The lowest BCUT2D eigenvalue weighted by Crippen LogP contribution is -2.45. The van der Waals surface area contributed by atoms with Crippen LogP contribution in [0, 0.1) is 12.3 Å². The maximum atomic E-state index is 5.49. The van der Waals surface area contributed by atoms with Gasteiger partial charge in [0, 0.05) is 13.1 Å². The first kappa shape index (κ1) is 13.5. The Bertz CT molecular complexity index is 456. The SMILES string of the molecule is C#CC(Nc1ncnc(N(C)OC)n1)NC1CCC1. The van der Waals surface area contributed by atoms with Crippen molar-refractivity contribution in [3.05, 3.63) is 6.33 Å². The van der Waals surface area contributed by atoms with Gasteiger partial charge in [-0.2, -0.15) is 9.97 Å². The fourth-order valence-electron chi connectivity index (χ4n) is 1.66. The summed E-state index contributed by atoms with van der Waals surface area (Å²) in [5, 5.41) is 7.82. The standard InChI is InChI=1S/C12H18N6O/c1-4-10(15-9-6-5-7-9)16-11-13-8-14-12(17-11)18(2)19-3/h1,8-10,15H,5-7H2,2-3H3,(H,13,14,16,17). The molecule has 0 radical (unpaired) electrons. The van der Waals surface area contributed by atoms with Crippen molar-refractivity contribution < 1.29 is 4.84 Å². The molecule has 0 bridgehead atoms. The van der Waals surface area contributed by atoms with Gasteiger partial charge in [-0.05, 0) is 12.8 Å². The lowest BCUT2D eigenvalue weighted by atomic mass is 9.93. The Hall–Kier alpha value is -1.91. The normalized spacial score (nSPS) is 16.3. The molecule has 2 N–H and O–H groups in total. The number of hydrogen-bond donors (Lipinski definition) is 2. The van der Waals surface area contributed by atoms with E-state index in [4.69, 9.17) is 11.3 Å². The van der Waals surface area contributed by atoms with Crippen molar-refractivity contribution in [3.63, 3.8) is 0 Å². The zero-order chi connectivity index (χ0) is 13.7. The summed E-state index contributed by atoms with van der Waals surface area (Å²) in [6.07, 6.45) is 10.2. The molecule has 0 aliphatic heterocycles. The molecule has 1 fully saturated rings. The number of hydroxylamine groups is 1. The third-order valence-electron chi connectivity index (χ3n) is 3.06. The highest BCUT2D eigenvalue weighted by Gasteiger charge is 2.20. The molecular weight excluding hydrogens is 244 g/mol. The van der Waals surface area contributed by atoms with Crippen molar-refractivity contribution in [2.45, 2.75) is 31.5 Å². The number of terminal acetylenes is 1. The Morgan fingerprint density at radius 2 is 2.32 bits per heavy atom. The summed E-state index contributed by atoms with van der Waals surface area (Å²) in [7, 11) is 3.25. The molecular formula is C12H18N6O. The quantitative estimate of drug-likeness (QED) is 0.436. The summed E-state index contributed by atoms with van der Waals surface area (Å²) in [6.45, 7) is 0. The van der Waals surface area contributed by atoms with Crippen molar-refractivity contribution >= 4 is 11.9 Å². The Balaban J connectivity index is 1.98. The Morgan fingerprint density at radius 1 is 1.53 bits per heavy atom. The summed E-state index contributed by atoms with van der Waals surface area (Å²) in [5.74, 6) is 3.48. The lowest BCUT2D eigenvalue weighted by Gasteiger charge is -2.29. The minimum atomic E-state index is -0.284. The van der Waals surface area contributed by atoms with Gasteiger partial charge >= 0.3 is 0 Å². The molecule has 7 heteroatoms. The van der Waals surface area contributed by atoms with Gasteiger partial charge in [0.1, 0.15) is 12.5 Å². The van der Waals surface area contributed by atoms with Crippen LogP contribution in [0.1, 0.15) is 19.3 Å². The van der Waals surface area contributed by atoms with Gasteiger partial charge in [0.15, 0.2) is 0 Å². The molecule has 1 aliphatic carbocycles. The first-order valence-corrected chi connectivity index (χ1v) is 6.18. The van der Waals surface area contributed by atoms with Gasteiger partial charge in [-0.25, -0.2) is 10.0 Å². The zero-order valence-corrected chi connectivity index (χ0v) is 11.1. The van der Waals surface area contributed by atoms with Crippen LogP contribution in [-0.4, -0.2) is 41.3 Å². The van der Waals surface area contributed by atoms with E-state index in [9.17, 15) is 0 Å². The highest BCUT2D eigenvalue weighted by Crippen LogP contribution is 2.18. The summed E-state index contributed by atoms with van der Waals surface area (Å²) in [5.41, 5.74) is 0. The van der Waals surface area contributed by atoms with E-state index in [1.54, 1.807) is 14.2 Å². The van der Waals surface area contributed by atoms with Crippen molar-refractivity contribution in [2.24, 2.45) is 0 Å². The second-order valence-electron chi connectivity index (χ2n) is 4.33. The zero-order valence-electron chi connectivity index (χ0n) is 11.1. The average molecular weight is 262 g/mol. The number of anilines is 2. The maximum Gasteiger partial charge on any atom is 0.254 e. The van der Waals surface area contributed by atoms with Crippen molar-refractivity contribution in [1.82, 2.24) is 20.3 Å². The number of rotatable bonds is 6. The molecule has 0 amide bonds. The highest BCUT2D eigenvalue weighted by atomic mass is 16.7. The number of aromatic nitrogens is 3. The van der Waals surface area contributed by atoms with E-state index >= 15 is 0 Å². The first-order chi connectivity index (χ1) is 9.22. The van der Waals surface area contributed by atoms with E-state index in [1.165, 1.54) is 17.8 Å². The predicted molar refractivity (Wildman–Crippen MR) is 72.3 cm³/mol. The van der Waals surface area contributed by atoms with Gasteiger partial charge in [0.25, 0.3) is 5.95 Å². The molecule has 1 saturated carbocycles. The summed E-state index contributed by atoms with van der Waals surface area (Å²) >= 11 is 0. The van der Waals surface area contributed by atoms with E-state index in [1.807, 2.05) is 0 Å². The Labute approximate surface area is 112 Å². The van der Waals surface area contributed by atoms with Crippen LogP contribution >= 0.6 is 0 Å². The third kappa shape index (κ3) is 3.53. The maximum absolute atomic E-state index is 5.49. The van der Waals surface area contributed by atoms with Crippen molar-refractivity contribution in [2.75, 3.05) is 24.5 Å². The van der Waals surface area contributed by atoms with Gasteiger partial charge in [-0.1, -0.05) is 12.3 Å². The molecule has 1 unspecified atom stereocenters. The largest absolute Gasteiger partial charge is 0.328 e.